The van der Waals surface area contributed by atoms with E-state index in [0.717, 1.165) is 0 Å². The van der Waals surface area contributed by atoms with E-state index in [9.17, 15) is 9.90 Å². The highest BCUT2D eigenvalue weighted by molar-refractivity contribution is 5.97. The van der Waals surface area contributed by atoms with Crippen molar-refractivity contribution >= 4 is 11.6 Å². The average molecular weight is 261 g/mol. The molecular formula is C13H15N3O3. The van der Waals surface area contributed by atoms with Crippen LogP contribution in [-0.2, 0) is 9.53 Å². The van der Waals surface area contributed by atoms with Crippen molar-refractivity contribution < 1.29 is 14.6 Å². The lowest BCUT2D eigenvalue weighted by atomic mass is 10.2. The van der Waals surface area contributed by atoms with E-state index in [4.69, 9.17) is 10.00 Å². The van der Waals surface area contributed by atoms with Crippen LogP contribution in [0.4, 0.5) is 5.69 Å². The zero-order valence-electron chi connectivity index (χ0n) is 10.5. The first kappa shape index (κ1) is 14.5. The number of nitriles is 1. The van der Waals surface area contributed by atoms with E-state index in [1.54, 1.807) is 18.2 Å². The molecule has 0 aliphatic carbocycles. The molecule has 19 heavy (non-hydrogen) atoms. The van der Waals surface area contributed by atoms with Crippen LogP contribution in [0.15, 0.2) is 36.0 Å². The number of carbonyl (C=O) groups is 1. The van der Waals surface area contributed by atoms with Crippen molar-refractivity contribution in [1.82, 2.24) is 5.32 Å². The molecule has 1 aromatic carbocycles. The number of methoxy groups -OCH3 is 1. The molecule has 0 saturated carbocycles. The standard InChI is InChI=1S/C13H15N3O3/c1-19-6-5-15-13(18)10(8-14)9-16-11-3-2-4-12(17)7-11/h2-4,7,9,16-17H,5-6H2,1H3,(H,15,18)/b10-9-. The smallest absolute Gasteiger partial charge is 0.263 e. The lowest BCUT2D eigenvalue weighted by molar-refractivity contribution is -0.117. The molecule has 0 heterocycles. The summed E-state index contributed by atoms with van der Waals surface area (Å²) in [5, 5.41) is 23.5. The molecule has 1 aromatic rings. The molecule has 0 spiro atoms. The topological polar surface area (TPSA) is 94.4 Å². The fraction of sp³-hybridized carbons (Fsp3) is 0.231. The molecule has 6 nitrogen and oxygen atoms in total. The van der Waals surface area contributed by atoms with Gasteiger partial charge in [0.15, 0.2) is 0 Å². The first-order valence-electron chi connectivity index (χ1n) is 5.60. The van der Waals surface area contributed by atoms with Gasteiger partial charge in [-0.2, -0.15) is 5.26 Å². The van der Waals surface area contributed by atoms with Gasteiger partial charge in [0.1, 0.15) is 17.4 Å². The van der Waals surface area contributed by atoms with Crippen LogP contribution in [0.3, 0.4) is 0 Å². The van der Waals surface area contributed by atoms with E-state index in [1.807, 2.05) is 0 Å². The molecule has 1 rings (SSSR count). The fourth-order valence-corrected chi connectivity index (χ4v) is 1.26. The Morgan fingerprint density at radius 2 is 2.37 bits per heavy atom. The summed E-state index contributed by atoms with van der Waals surface area (Å²) in [6, 6.07) is 8.15. The minimum absolute atomic E-state index is 0.0561. The van der Waals surface area contributed by atoms with Crippen LogP contribution in [0.1, 0.15) is 0 Å². The second kappa shape index (κ2) is 7.74. The maximum absolute atomic E-state index is 11.6. The van der Waals surface area contributed by atoms with Crippen molar-refractivity contribution in [2.45, 2.75) is 0 Å². The van der Waals surface area contributed by atoms with Crippen molar-refractivity contribution in [2.75, 3.05) is 25.6 Å². The van der Waals surface area contributed by atoms with Crippen molar-refractivity contribution in [3.8, 4) is 11.8 Å². The summed E-state index contributed by atoms with van der Waals surface area (Å²) in [5.74, 6) is -0.381. The number of hydrogen-bond acceptors (Lipinski definition) is 5. The Labute approximate surface area is 111 Å². The van der Waals surface area contributed by atoms with Crippen LogP contribution in [0.2, 0.25) is 0 Å². The number of carbonyl (C=O) groups excluding carboxylic acids is 1. The van der Waals surface area contributed by atoms with Crippen LogP contribution in [-0.4, -0.2) is 31.3 Å². The van der Waals surface area contributed by atoms with Gasteiger partial charge in [-0.15, -0.1) is 0 Å². The van der Waals surface area contributed by atoms with Gasteiger partial charge < -0.3 is 20.5 Å². The molecule has 0 bridgehead atoms. The van der Waals surface area contributed by atoms with Gasteiger partial charge in [-0.3, -0.25) is 4.79 Å². The Hall–Kier alpha value is -2.52. The van der Waals surface area contributed by atoms with E-state index in [1.165, 1.54) is 25.4 Å². The summed E-state index contributed by atoms with van der Waals surface area (Å²) in [6.07, 6.45) is 1.29. The van der Waals surface area contributed by atoms with Gasteiger partial charge in [0.25, 0.3) is 5.91 Å². The number of hydrogen-bond donors (Lipinski definition) is 3. The SMILES string of the molecule is COCCNC(=O)/C(C#N)=C\Nc1cccc(O)c1. The van der Waals surface area contributed by atoms with Gasteiger partial charge >= 0.3 is 0 Å². The third-order valence-electron chi connectivity index (χ3n) is 2.19. The maximum Gasteiger partial charge on any atom is 0.263 e. The van der Waals surface area contributed by atoms with E-state index < -0.39 is 5.91 Å². The third-order valence-corrected chi connectivity index (χ3v) is 2.19. The summed E-state index contributed by atoms with van der Waals surface area (Å²) in [7, 11) is 1.52. The molecule has 0 aliphatic rings. The number of amides is 1. The summed E-state index contributed by atoms with van der Waals surface area (Å²) in [4.78, 5) is 11.6. The highest BCUT2D eigenvalue weighted by atomic mass is 16.5. The van der Waals surface area contributed by atoms with Gasteiger partial charge in [-0.05, 0) is 12.1 Å². The molecule has 0 fully saturated rings. The Balaban J connectivity index is 2.62. The number of phenolic OH excluding ortho intramolecular Hbond substituents is 1. The lowest BCUT2D eigenvalue weighted by Gasteiger charge is -2.04. The zero-order chi connectivity index (χ0) is 14.1. The number of rotatable bonds is 6. The summed E-state index contributed by atoms with van der Waals surface area (Å²) < 4.78 is 4.79. The average Bonchev–Trinajstić information content (AvgIpc) is 2.40. The largest absolute Gasteiger partial charge is 0.508 e. The minimum Gasteiger partial charge on any atom is -0.508 e. The lowest BCUT2D eigenvalue weighted by Crippen LogP contribution is -2.28. The summed E-state index contributed by atoms with van der Waals surface area (Å²) >= 11 is 0. The van der Waals surface area contributed by atoms with Crippen molar-refractivity contribution in [2.24, 2.45) is 0 Å². The summed E-state index contributed by atoms with van der Waals surface area (Å²) in [5.41, 5.74) is 0.525. The minimum atomic E-state index is -0.479. The number of phenols is 1. The van der Waals surface area contributed by atoms with E-state index in [-0.39, 0.29) is 11.3 Å². The van der Waals surface area contributed by atoms with Gasteiger partial charge in [-0.1, -0.05) is 6.07 Å². The Kier molecular flexibility index (Phi) is 5.92. The molecule has 0 atom stereocenters. The molecule has 0 aliphatic heterocycles. The fourth-order valence-electron chi connectivity index (χ4n) is 1.26. The molecule has 100 valence electrons. The summed E-state index contributed by atoms with van der Waals surface area (Å²) in [6.45, 7) is 0.713. The van der Waals surface area contributed by atoms with Crippen LogP contribution in [0.25, 0.3) is 0 Å². The molecule has 0 aromatic heterocycles. The Morgan fingerprint density at radius 1 is 1.58 bits per heavy atom. The van der Waals surface area contributed by atoms with Gasteiger partial charge in [0, 0.05) is 31.6 Å². The second-order valence-corrected chi connectivity index (χ2v) is 3.61. The number of benzene rings is 1. The van der Waals surface area contributed by atoms with Crippen molar-refractivity contribution in [1.29, 1.82) is 5.26 Å². The highest BCUT2D eigenvalue weighted by Crippen LogP contribution is 2.15. The predicted octanol–water partition coefficient (Wildman–Crippen LogP) is 0.974. The van der Waals surface area contributed by atoms with E-state index in [0.29, 0.717) is 18.8 Å². The van der Waals surface area contributed by atoms with Crippen LogP contribution < -0.4 is 10.6 Å². The first-order chi connectivity index (χ1) is 9.17. The molecule has 0 unspecified atom stereocenters. The third kappa shape index (κ3) is 5.10. The molecule has 1 amide bonds. The van der Waals surface area contributed by atoms with Gasteiger partial charge in [0.05, 0.1) is 6.61 Å². The second-order valence-electron chi connectivity index (χ2n) is 3.61. The van der Waals surface area contributed by atoms with Crippen molar-refractivity contribution in [3.05, 3.63) is 36.0 Å². The van der Waals surface area contributed by atoms with Gasteiger partial charge in [-0.25, -0.2) is 0 Å². The molecular weight excluding hydrogens is 246 g/mol. The predicted molar refractivity (Wildman–Crippen MR) is 70.3 cm³/mol. The number of aromatic hydroxyl groups is 1. The molecule has 0 saturated heterocycles. The zero-order valence-corrected chi connectivity index (χ0v) is 10.5. The maximum atomic E-state index is 11.6. The van der Waals surface area contributed by atoms with E-state index in [2.05, 4.69) is 10.6 Å². The van der Waals surface area contributed by atoms with E-state index >= 15 is 0 Å². The highest BCUT2D eigenvalue weighted by Gasteiger charge is 2.07. The van der Waals surface area contributed by atoms with Gasteiger partial charge in [0.2, 0.25) is 0 Å². The van der Waals surface area contributed by atoms with Crippen LogP contribution in [0.5, 0.6) is 5.75 Å². The molecule has 0 radical (unpaired) electrons. The van der Waals surface area contributed by atoms with Crippen molar-refractivity contribution in [3.63, 3.8) is 0 Å². The molecule has 3 N–H and O–H groups in total. The number of nitrogens with one attached hydrogen (secondary N) is 2. The Bertz CT molecular complexity index is 506. The van der Waals surface area contributed by atoms with Crippen LogP contribution in [0, 0.1) is 11.3 Å². The number of nitrogens with zero attached hydrogens (tertiary/aromatic N) is 1. The molecule has 6 heteroatoms. The number of anilines is 1. The monoisotopic (exact) mass is 261 g/mol. The number of ether oxygens (including phenoxy) is 1. The van der Waals surface area contributed by atoms with Crippen LogP contribution >= 0.6 is 0 Å². The Morgan fingerprint density at radius 3 is 3.00 bits per heavy atom. The quantitative estimate of drug-likeness (QED) is 0.403. The first-order valence-corrected chi connectivity index (χ1v) is 5.60. The normalized spacial score (nSPS) is 10.6.